The maximum Gasteiger partial charge on any atom is 0.407 e. The zero-order valence-electron chi connectivity index (χ0n) is 18.3. The maximum absolute atomic E-state index is 14.4. The summed E-state index contributed by atoms with van der Waals surface area (Å²) in [4.78, 5) is 14.3. The van der Waals surface area contributed by atoms with E-state index in [1.165, 1.54) is 6.07 Å². The highest BCUT2D eigenvalue weighted by Crippen LogP contribution is 2.39. The minimum Gasteiger partial charge on any atom is -0.444 e. The lowest BCUT2D eigenvalue weighted by atomic mass is 10.1. The van der Waals surface area contributed by atoms with Gasteiger partial charge in [-0.3, -0.25) is 9.47 Å². The Kier molecular flexibility index (Phi) is 6.16. The molecule has 9 heteroatoms. The zero-order valence-corrected chi connectivity index (χ0v) is 19.1. The van der Waals surface area contributed by atoms with Crippen molar-refractivity contribution in [2.24, 2.45) is 0 Å². The van der Waals surface area contributed by atoms with E-state index in [0.717, 1.165) is 38.8 Å². The lowest BCUT2D eigenvalue weighted by Crippen LogP contribution is -2.46. The molecule has 0 radical (unpaired) electrons. The Hall–Kier alpha value is -2.26. The molecule has 0 atom stereocenters. The first-order chi connectivity index (χ1) is 14.7. The summed E-state index contributed by atoms with van der Waals surface area (Å²) in [5.74, 6) is 0.317. The molecule has 0 spiro atoms. The molecule has 31 heavy (non-hydrogen) atoms. The van der Waals surface area contributed by atoms with E-state index in [0.29, 0.717) is 28.9 Å². The number of carbonyl (C=O) groups excluding carboxylic acids is 1. The number of ether oxygens (including phenoxy) is 1. The second kappa shape index (κ2) is 8.70. The molecule has 1 N–H and O–H groups in total. The third kappa shape index (κ3) is 5.33. The molecule has 2 fully saturated rings. The summed E-state index contributed by atoms with van der Waals surface area (Å²) in [6, 6.07) is 7.11. The SMILES string of the molecule is CC(C)(C)OC(=O)NC1CCN(Cn2nc(-c3ccccc3F)n(C3CC3)c2=S)CC1. The molecule has 1 aromatic heterocycles. The Balaban J connectivity index is 1.42. The van der Waals surface area contributed by atoms with Crippen molar-refractivity contribution in [1.29, 1.82) is 0 Å². The fraction of sp³-hybridized carbons (Fsp3) is 0.591. The molecule has 2 aliphatic rings. The van der Waals surface area contributed by atoms with Gasteiger partial charge in [-0.05, 0) is 70.8 Å². The van der Waals surface area contributed by atoms with E-state index in [1.807, 2.05) is 31.4 Å². The lowest BCUT2D eigenvalue weighted by molar-refractivity contribution is 0.0470. The molecule has 1 aromatic carbocycles. The van der Waals surface area contributed by atoms with E-state index < -0.39 is 5.60 Å². The molecule has 7 nitrogen and oxygen atoms in total. The van der Waals surface area contributed by atoms with E-state index >= 15 is 0 Å². The molecule has 168 valence electrons. The van der Waals surface area contributed by atoms with Gasteiger partial charge in [-0.15, -0.1) is 0 Å². The Labute approximate surface area is 187 Å². The van der Waals surface area contributed by atoms with Crippen LogP contribution < -0.4 is 5.32 Å². The third-order valence-corrected chi connectivity index (χ3v) is 5.95. The van der Waals surface area contributed by atoms with Gasteiger partial charge in [0.1, 0.15) is 11.4 Å². The van der Waals surface area contributed by atoms with Gasteiger partial charge in [0.2, 0.25) is 0 Å². The number of alkyl carbamates (subject to hydrolysis) is 1. The minimum absolute atomic E-state index is 0.0945. The van der Waals surface area contributed by atoms with Crippen LogP contribution in [0.25, 0.3) is 11.4 Å². The highest BCUT2D eigenvalue weighted by Gasteiger charge is 2.30. The topological polar surface area (TPSA) is 64.3 Å². The normalized spacial score (nSPS) is 18.2. The maximum atomic E-state index is 14.4. The number of aromatic nitrogens is 3. The fourth-order valence-corrected chi connectivity index (χ4v) is 4.22. The van der Waals surface area contributed by atoms with Crippen LogP contribution in [-0.2, 0) is 11.4 Å². The summed E-state index contributed by atoms with van der Waals surface area (Å²) < 4.78 is 24.2. The predicted molar refractivity (Wildman–Crippen MR) is 119 cm³/mol. The number of halogens is 1. The van der Waals surface area contributed by atoms with Crippen LogP contribution in [0.1, 0.15) is 52.5 Å². The van der Waals surface area contributed by atoms with E-state index in [9.17, 15) is 9.18 Å². The van der Waals surface area contributed by atoms with Crippen molar-refractivity contribution < 1.29 is 13.9 Å². The van der Waals surface area contributed by atoms with Gasteiger partial charge >= 0.3 is 6.09 Å². The number of amides is 1. The molecular weight excluding hydrogens is 417 g/mol. The molecular formula is C22H30FN5O2S. The van der Waals surface area contributed by atoms with Gasteiger partial charge in [0.05, 0.1) is 12.2 Å². The molecule has 1 aliphatic heterocycles. The summed E-state index contributed by atoms with van der Waals surface area (Å²) in [5, 5.41) is 7.67. The molecule has 0 bridgehead atoms. The van der Waals surface area contributed by atoms with E-state index in [-0.39, 0.29) is 18.0 Å². The monoisotopic (exact) mass is 447 g/mol. The summed E-state index contributed by atoms with van der Waals surface area (Å²) in [6.45, 7) is 7.75. The number of rotatable bonds is 5. The van der Waals surface area contributed by atoms with Crippen LogP contribution in [0.5, 0.6) is 0 Å². The largest absolute Gasteiger partial charge is 0.444 e. The average molecular weight is 448 g/mol. The number of likely N-dealkylation sites (tertiary alicyclic amines) is 1. The number of hydrogen-bond acceptors (Lipinski definition) is 5. The van der Waals surface area contributed by atoms with Crippen LogP contribution in [0.3, 0.4) is 0 Å². The average Bonchev–Trinajstić information content (AvgIpc) is 3.47. The van der Waals surface area contributed by atoms with Gasteiger partial charge in [0.25, 0.3) is 0 Å². The fourth-order valence-electron chi connectivity index (χ4n) is 3.88. The molecule has 1 aliphatic carbocycles. The first-order valence-corrected chi connectivity index (χ1v) is 11.3. The summed E-state index contributed by atoms with van der Waals surface area (Å²) in [5.41, 5.74) is -0.0167. The summed E-state index contributed by atoms with van der Waals surface area (Å²) in [6.07, 6.45) is 3.38. The molecule has 1 amide bonds. The van der Waals surface area contributed by atoms with Crippen LogP contribution in [0.4, 0.5) is 9.18 Å². The van der Waals surface area contributed by atoms with Crippen LogP contribution >= 0.6 is 12.2 Å². The molecule has 2 aromatic rings. The van der Waals surface area contributed by atoms with Gasteiger partial charge < -0.3 is 10.1 Å². The first kappa shape index (κ1) is 22.0. The van der Waals surface area contributed by atoms with Crippen LogP contribution in [0, 0.1) is 10.6 Å². The molecule has 4 rings (SSSR count). The predicted octanol–water partition coefficient (Wildman–Crippen LogP) is 4.50. The third-order valence-electron chi connectivity index (χ3n) is 5.54. The Morgan fingerprint density at radius 2 is 1.90 bits per heavy atom. The van der Waals surface area contributed by atoms with Crippen molar-refractivity contribution in [3.05, 3.63) is 34.9 Å². The quantitative estimate of drug-likeness (QED) is 0.684. The minimum atomic E-state index is -0.502. The zero-order chi connectivity index (χ0) is 22.2. The molecule has 2 heterocycles. The number of piperidine rings is 1. The van der Waals surface area contributed by atoms with Crippen LogP contribution in [0.15, 0.2) is 24.3 Å². The highest BCUT2D eigenvalue weighted by atomic mass is 32.1. The van der Waals surface area contributed by atoms with Gasteiger partial charge in [0, 0.05) is 25.2 Å². The van der Waals surface area contributed by atoms with Gasteiger partial charge in [-0.2, -0.15) is 5.10 Å². The van der Waals surface area contributed by atoms with Gasteiger partial charge in [0.15, 0.2) is 10.6 Å². The number of nitrogens with zero attached hydrogens (tertiary/aromatic N) is 4. The van der Waals surface area contributed by atoms with Crippen LogP contribution in [-0.4, -0.2) is 50.1 Å². The molecule has 1 saturated heterocycles. The van der Waals surface area contributed by atoms with Crippen molar-refractivity contribution in [3.8, 4) is 11.4 Å². The van der Waals surface area contributed by atoms with Crippen molar-refractivity contribution in [1.82, 2.24) is 24.6 Å². The van der Waals surface area contributed by atoms with E-state index in [2.05, 4.69) is 10.2 Å². The smallest absolute Gasteiger partial charge is 0.407 e. The second-order valence-electron chi connectivity index (χ2n) is 9.37. The lowest BCUT2D eigenvalue weighted by Gasteiger charge is -2.32. The Morgan fingerprint density at radius 1 is 1.23 bits per heavy atom. The summed E-state index contributed by atoms with van der Waals surface area (Å²) >= 11 is 5.71. The van der Waals surface area contributed by atoms with Crippen LogP contribution in [0.2, 0.25) is 0 Å². The highest BCUT2D eigenvalue weighted by molar-refractivity contribution is 7.71. The van der Waals surface area contributed by atoms with E-state index in [4.69, 9.17) is 22.1 Å². The Bertz CT molecular complexity index is 1000. The number of nitrogens with one attached hydrogen (secondary N) is 1. The second-order valence-corrected chi connectivity index (χ2v) is 9.73. The summed E-state index contributed by atoms with van der Waals surface area (Å²) in [7, 11) is 0. The first-order valence-electron chi connectivity index (χ1n) is 10.9. The number of carbonyl (C=O) groups is 1. The van der Waals surface area contributed by atoms with E-state index in [1.54, 1.807) is 16.8 Å². The number of hydrogen-bond donors (Lipinski definition) is 1. The van der Waals surface area contributed by atoms with Gasteiger partial charge in [-0.1, -0.05) is 12.1 Å². The van der Waals surface area contributed by atoms with Crippen molar-refractivity contribution in [2.75, 3.05) is 13.1 Å². The molecule has 0 unspecified atom stereocenters. The van der Waals surface area contributed by atoms with Gasteiger partial charge in [-0.25, -0.2) is 13.9 Å². The standard InChI is InChI=1S/C22H30FN5O2S/c1-22(2,3)30-20(29)24-15-10-12-26(13-11-15)14-27-21(31)28(16-8-9-16)19(25-27)17-6-4-5-7-18(17)23/h4-7,15-16H,8-14H2,1-3H3,(H,24,29). The van der Waals surface area contributed by atoms with Crippen molar-refractivity contribution >= 4 is 18.3 Å². The Morgan fingerprint density at radius 3 is 2.52 bits per heavy atom. The van der Waals surface area contributed by atoms with Crippen molar-refractivity contribution in [3.63, 3.8) is 0 Å². The molecule has 1 saturated carbocycles. The van der Waals surface area contributed by atoms with Crippen molar-refractivity contribution in [2.45, 2.75) is 70.8 Å². The number of benzene rings is 1.